The molecule has 1 amide bonds. The lowest BCUT2D eigenvalue weighted by molar-refractivity contribution is -0.151. The van der Waals surface area contributed by atoms with E-state index in [4.69, 9.17) is 14.9 Å². The lowest BCUT2D eigenvalue weighted by Crippen LogP contribution is -2.58. The van der Waals surface area contributed by atoms with Crippen LogP contribution in [-0.4, -0.2) is 87.4 Å². The summed E-state index contributed by atoms with van der Waals surface area (Å²) in [6, 6.07) is -1.53. The third-order valence-corrected chi connectivity index (χ3v) is 3.00. The van der Waals surface area contributed by atoms with Crippen molar-refractivity contribution in [3.63, 3.8) is 0 Å². The van der Waals surface area contributed by atoms with Gasteiger partial charge in [-0.1, -0.05) is 0 Å². The fourth-order valence-corrected chi connectivity index (χ4v) is 1.80. The Morgan fingerprint density at radius 3 is 2.05 bits per heavy atom. The minimum absolute atomic E-state index is 0.647. The van der Waals surface area contributed by atoms with E-state index in [2.05, 4.69) is 5.32 Å². The van der Waals surface area contributed by atoms with Crippen LogP contribution in [0.2, 0.25) is 0 Å². The summed E-state index contributed by atoms with van der Waals surface area (Å²) in [7, 11) is 1.16. The van der Waals surface area contributed by atoms with Gasteiger partial charge in [0.2, 0.25) is 11.7 Å². The molecular formula is C12H21NO9. The molecule has 0 saturated heterocycles. The molecule has 6 N–H and O–H groups in total. The van der Waals surface area contributed by atoms with Crippen LogP contribution in [0.25, 0.3) is 0 Å². The maximum absolute atomic E-state index is 11.1. The molecule has 0 aromatic rings. The van der Waals surface area contributed by atoms with E-state index in [9.17, 15) is 29.7 Å². The number of amides is 1. The number of hydrogen-bond donors (Lipinski definition) is 6. The maximum atomic E-state index is 11.1. The minimum Gasteiger partial charge on any atom is -0.475 e. The highest BCUT2D eigenvalue weighted by Gasteiger charge is 2.37. The molecule has 0 rings (SSSR count). The first-order valence-corrected chi connectivity index (χ1v) is 6.36. The highest BCUT2D eigenvalue weighted by molar-refractivity contribution is 6.32. The summed E-state index contributed by atoms with van der Waals surface area (Å²) in [5.74, 6) is -3.79. The average Bonchev–Trinajstić information content (AvgIpc) is 2.44. The molecule has 0 spiro atoms. The summed E-state index contributed by atoms with van der Waals surface area (Å²) in [5.41, 5.74) is 0. The van der Waals surface area contributed by atoms with Crippen molar-refractivity contribution in [1.29, 1.82) is 0 Å². The van der Waals surface area contributed by atoms with Crippen molar-refractivity contribution in [3.8, 4) is 0 Å². The molecule has 0 unspecified atom stereocenters. The van der Waals surface area contributed by atoms with E-state index >= 15 is 0 Å². The molecule has 0 aliphatic rings. The zero-order valence-corrected chi connectivity index (χ0v) is 12.2. The highest BCUT2D eigenvalue weighted by Crippen LogP contribution is 2.13. The monoisotopic (exact) mass is 323 g/mol. The number of aliphatic hydroxyl groups is 4. The van der Waals surface area contributed by atoms with Crippen molar-refractivity contribution in [2.24, 2.45) is 0 Å². The van der Waals surface area contributed by atoms with Crippen molar-refractivity contribution in [3.05, 3.63) is 0 Å². The van der Waals surface area contributed by atoms with Gasteiger partial charge in [-0.2, -0.15) is 0 Å². The molecular weight excluding hydrogens is 302 g/mol. The Kier molecular flexibility index (Phi) is 8.75. The number of carboxylic acid groups (broad SMARTS) is 1. The van der Waals surface area contributed by atoms with E-state index in [0.717, 1.165) is 14.0 Å². The number of carbonyl (C=O) groups is 3. The van der Waals surface area contributed by atoms with E-state index in [1.807, 2.05) is 0 Å². The van der Waals surface area contributed by atoms with Crippen molar-refractivity contribution < 1.29 is 44.7 Å². The van der Waals surface area contributed by atoms with Gasteiger partial charge in [-0.25, -0.2) is 4.79 Å². The van der Waals surface area contributed by atoms with Gasteiger partial charge in [0, 0.05) is 20.5 Å². The molecule has 0 radical (unpaired) electrons. The quantitative estimate of drug-likeness (QED) is 0.224. The van der Waals surface area contributed by atoms with Crippen molar-refractivity contribution in [1.82, 2.24) is 5.32 Å². The second-order valence-electron chi connectivity index (χ2n) is 4.66. The molecule has 22 heavy (non-hydrogen) atoms. The molecule has 0 bridgehead atoms. The van der Waals surface area contributed by atoms with Crippen LogP contribution >= 0.6 is 0 Å². The first-order chi connectivity index (χ1) is 10.1. The Bertz CT molecular complexity index is 396. The first-order valence-electron chi connectivity index (χ1n) is 6.36. The fourth-order valence-electron chi connectivity index (χ4n) is 1.80. The number of methoxy groups -OCH3 is 1. The number of nitrogens with one attached hydrogen (secondary N) is 1. The van der Waals surface area contributed by atoms with Crippen LogP contribution in [0.3, 0.4) is 0 Å². The van der Waals surface area contributed by atoms with E-state index in [0.29, 0.717) is 0 Å². The van der Waals surface area contributed by atoms with Crippen LogP contribution in [0.5, 0.6) is 0 Å². The number of ether oxygens (including phenoxy) is 1. The lowest BCUT2D eigenvalue weighted by Gasteiger charge is -2.33. The van der Waals surface area contributed by atoms with Gasteiger partial charge in [0.15, 0.2) is 0 Å². The normalized spacial score (nSPS) is 17.9. The van der Waals surface area contributed by atoms with Gasteiger partial charge in [0.25, 0.3) is 0 Å². The molecule has 0 heterocycles. The molecule has 0 aliphatic carbocycles. The second kappa shape index (κ2) is 9.43. The van der Waals surface area contributed by atoms with Crippen LogP contribution in [0.4, 0.5) is 0 Å². The Morgan fingerprint density at radius 2 is 1.68 bits per heavy atom. The molecule has 5 atom stereocenters. The summed E-state index contributed by atoms with van der Waals surface area (Å²) < 4.78 is 4.72. The number of hydrogen-bond acceptors (Lipinski definition) is 8. The van der Waals surface area contributed by atoms with Gasteiger partial charge < -0.3 is 35.6 Å². The smallest absolute Gasteiger partial charge is 0.372 e. The number of aliphatic hydroxyl groups excluding tert-OH is 4. The van der Waals surface area contributed by atoms with Crippen LogP contribution in [0.1, 0.15) is 13.3 Å². The molecule has 10 nitrogen and oxygen atoms in total. The zero-order valence-electron chi connectivity index (χ0n) is 12.2. The number of ketones is 1. The van der Waals surface area contributed by atoms with Gasteiger partial charge in [0.1, 0.15) is 18.3 Å². The van der Waals surface area contributed by atoms with Crippen molar-refractivity contribution >= 4 is 17.7 Å². The average molecular weight is 323 g/mol. The fraction of sp³-hybridized carbons (Fsp3) is 0.750. The highest BCUT2D eigenvalue weighted by atomic mass is 16.5. The molecule has 0 aromatic carbocycles. The third kappa shape index (κ3) is 6.03. The van der Waals surface area contributed by atoms with E-state index in [1.54, 1.807) is 0 Å². The van der Waals surface area contributed by atoms with E-state index < -0.39 is 61.1 Å². The summed E-state index contributed by atoms with van der Waals surface area (Å²) in [4.78, 5) is 32.7. The standard InChI is InChI=1S/C12H21NO9/c1-5(15)13-9(6(16)3-7(17)12(20)21)11(19)10(18)8(4-14)22-2/h6,8-11,14,16,18-19H,3-4H2,1-2H3,(H,13,15)(H,20,21)/t6-,8+,9+,10+,11+/m0/s1. The van der Waals surface area contributed by atoms with Gasteiger partial charge in [0.05, 0.1) is 18.8 Å². The third-order valence-electron chi connectivity index (χ3n) is 3.00. The van der Waals surface area contributed by atoms with E-state index in [-0.39, 0.29) is 0 Å². The molecule has 10 heteroatoms. The zero-order chi connectivity index (χ0) is 17.4. The van der Waals surface area contributed by atoms with Gasteiger partial charge in [-0.3, -0.25) is 9.59 Å². The minimum atomic E-state index is -1.81. The number of rotatable bonds is 10. The van der Waals surface area contributed by atoms with Crippen LogP contribution in [-0.2, 0) is 19.1 Å². The lowest BCUT2D eigenvalue weighted by atomic mass is 9.94. The van der Waals surface area contributed by atoms with Crippen molar-refractivity contribution in [2.45, 2.75) is 43.8 Å². The predicted molar refractivity (Wildman–Crippen MR) is 70.8 cm³/mol. The molecule has 0 fully saturated rings. The van der Waals surface area contributed by atoms with Crippen LogP contribution < -0.4 is 5.32 Å². The maximum Gasteiger partial charge on any atom is 0.372 e. The Hall–Kier alpha value is -1.59. The number of aliphatic carboxylic acids is 1. The number of carbonyl (C=O) groups excluding carboxylic acids is 2. The molecule has 128 valence electrons. The van der Waals surface area contributed by atoms with Gasteiger partial charge in [-0.05, 0) is 0 Å². The van der Waals surface area contributed by atoms with Crippen molar-refractivity contribution in [2.75, 3.05) is 13.7 Å². The largest absolute Gasteiger partial charge is 0.475 e. The second-order valence-corrected chi connectivity index (χ2v) is 4.66. The summed E-state index contributed by atoms with van der Waals surface area (Å²) in [6.45, 7) is 0.420. The molecule has 0 saturated carbocycles. The topological polar surface area (TPSA) is 174 Å². The number of carboxylic acids is 1. The first kappa shape index (κ1) is 20.4. The van der Waals surface area contributed by atoms with Crippen LogP contribution in [0, 0.1) is 0 Å². The Labute approximate surface area is 126 Å². The van der Waals surface area contributed by atoms with E-state index in [1.165, 1.54) is 0 Å². The predicted octanol–water partition coefficient (Wildman–Crippen LogP) is -3.38. The SMILES string of the molecule is CO[C@H](CO)[C@@H](O)[C@H](O)[C@H](NC(C)=O)[C@@H](O)CC(=O)C(=O)O. The Morgan fingerprint density at radius 1 is 1.14 bits per heavy atom. The number of Topliss-reactive ketones (excluding diaryl/α,β-unsaturated/α-hetero) is 1. The van der Waals surface area contributed by atoms with Crippen LogP contribution in [0.15, 0.2) is 0 Å². The molecule has 0 aromatic heterocycles. The summed E-state index contributed by atoms with van der Waals surface area (Å²) in [6.07, 6.45) is -7.33. The summed E-state index contributed by atoms with van der Waals surface area (Å²) in [5, 5.41) is 49.3. The van der Waals surface area contributed by atoms with Gasteiger partial charge >= 0.3 is 5.97 Å². The summed E-state index contributed by atoms with van der Waals surface area (Å²) >= 11 is 0. The Balaban J connectivity index is 5.13. The molecule has 0 aliphatic heterocycles. The van der Waals surface area contributed by atoms with Gasteiger partial charge in [-0.15, -0.1) is 0 Å².